The van der Waals surface area contributed by atoms with Crippen LogP contribution in [0.4, 0.5) is 17.1 Å². The first-order valence-corrected chi connectivity index (χ1v) is 20.2. The number of fused-ring (bicyclic) bond motifs is 6. The van der Waals surface area contributed by atoms with Gasteiger partial charge in [0, 0.05) is 50.2 Å². The minimum atomic E-state index is 0.863. The van der Waals surface area contributed by atoms with E-state index in [9.17, 15) is 0 Å². The summed E-state index contributed by atoms with van der Waals surface area (Å²) in [5.41, 5.74) is 17.2. The lowest BCUT2D eigenvalue weighted by Gasteiger charge is -2.26. The van der Waals surface area contributed by atoms with Gasteiger partial charge in [0.1, 0.15) is 16.9 Å². The van der Waals surface area contributed by atoms with Crippen LogP contribution >= 0.6 is 0 Å². The smallest absolute Gasteiger partial charge is 0.135 e. The molecule has 59 heavy (non-hydrogen) atoms. The number of hydrogen-bond donors (Lipinski definition) is 0. The Hall–Kier alpha value is -7.56. The Bertz CT molecular complexity index is 3150. The maximum Gasteiger partial charge on any atom is 0.135 e. The molecule has 282 valence electrons. The van der Waals surface area contributed by atoms with E-state index in [0.717, 1.165) is 74.4 Å². The number of hydrogen-bond acceptors (Lipinski definition) is 3. The molecule has 0 saturated heterocycles. The summed E-state index contributed by atoms with van der Waals surface area (Å²) < 4.78 is 14.0. The minimum Gasteiger partial charge on any atom is -0.497 e. The van der Waals surface area contributed by atoms with Crippen LogP contribution in [-0.2, 0) is 6.42 Å². The predicted octanol–water partition coefficient (Wildman–Crippen LogP) is 15.0. The fraction of sp³-hybridized carbons (Fsp3) is 0.0545. The lowest BCUT2D eigenvalue weighted by atomic mass is 9.98. The first-order chi connectivity index (χ1) is 29.2. The fourth-order valence-corrected chi connectivity index (χ4v) is 8.82. The van der Waals surface area contributed by atoms with Gasteiger partial charge in [-0.2, -0.15) is 0 Å². The highest BCUT2D eigenvalue weighted by Gasteiger charge is 2.20. The van der Waals surface area contributed by atoms with Crippen LogP contribution in [0.3, 0.4) is 0 Å². The molecular formula is C55H40N2O2. The van der Waals surface area contributed by atoms with Gasteiger partial charge in [0.15, 0.2) is 0 Å². The largest absolute Gasteiger partial charge is 0.497 e. The Kier molecular flexibility index (Phi) is 8.48. The number of aromatic nitrogens is 1. The van der Waals surface area contributed by atoms with Crippen molar-refractivity contribution in [1.82, 2.24) is 4.57 Å². The normalized spacial score (nSPS) is 12.3. The number of benzene rings is 8. The van der Waals surface area contributed by atoms with E-state index in [-0.39, 0.29) is 0 Å². The van der Waals surface area contributed by atoms with Crippen molar-refractivity contribution in [2.24, 2.45) is 0 Å². The molecule has 2 heterocycles. The third-order valence-electron chi connectivity index (χ3n) is 11.8. The second-order valence-electron chi connectivity index (χ2n) is 15.2. The highest BCUT2D eigenvalue weighted by Crippen LogP contribution is 2.40. The number of nitrogens with zero attached hydrogens (tertiary/aromatic N) is 2. The van der Waals surface area contributed by atoms with Crippen LogP contribution in [0.2, 0.25) is 0 Å². The quantitative estimate of drug-likeness (QED) is 0.155. The van der Waals surface area contributed by atoms with Crippen molar-refractivity contribution in [3.63, 3.8) is 0 Å². The molecular weight excluding hydrogens is 721 g/mol. The zero-order chi connectivity index (χ0) is 39.3. The summed E-state index contributed by atoms with van der Waals surface area (Å²) >= 11 is 0. The van der Waals surface area contributed by atoms with Gasteiger partial charge in [-0.3, -0.25) is 0 Å². The van der Waals surface area contributed by atoms with Crippen molar-refractivity contribution in [2.75, 3.05) is 12.0 Å². The number of methoxy groups -OCH3 is 1. The van der Waals surface area contributed by atoms with Gasteiger partial charge in [0.2, 0.25) is 0 Å². The van der Waals surface area contributed by atoms with Gasteiger partial charge in [-0.15, -0.1) is 0 Å². The molecule has 0 amide bonds. The topological polar surface area (TPSA) is 30.5 Å². The van der Waals surface area contributed by atoms with Gasteiger partial charge >= 0.3 is 0 Å². The standard InChI is InChI=1S/C55H40N2O2/c1-58-47-31-29-46(30-32-47)57-52-13-7-5-11-48(52)50-35-41(21-33-53(50)57)39-17-25-44(26-18-39)56(43-23-15-38(16-24-43)37-9-3-2-4-10-37)45-27-19-40(20-28-45)42-22-34-55-51(36-42)49-12-6-8-14-54(49)59-55/h2-6,8-12,14-36H,7,13H2,1H3. The number of para-hydroxylation sites is 1. The van der Waals surface area contributed by atoms with Crippen LogP contribution in [0.15, 0.2) is 199 Å². The average Bonchev–Trinajstić information content (AvgIpc) is 3.85. The summed E-state index contributed by atoms with van der Waals surface area (Å²) in [6.07, 6.45) is 6.66. The molecule has 0 unspecified atom stereocenters. The Morgan fingerprint density at radius 1 is 0.492 bits per heavy atom. The van der Waals surface area contributed by atoms with Crippen LogP contribution in [0, 0.1) is 0 Å². The van der Waals surface area contributed by atoms with E-state index in [1.54, 1.807) is 7.11 Å². The number of allylic oxidation sites excluding steroid dienone is 1. The lowest BCUT2D eigenvalue weighted by Crippen LogP contribution is -2.09. The molecule has 0 aliphatic heterocycles. The van der Waals surface area contributed by atoms with E-state index in [2.05, 4.69) is 185 Å². The van der Waals surface area contributed by atoms with Crippen LogP contribution < -0.4 is 9.64 Å². The molecule has 1 aliphatic carbocycles. The summed E-state index contributed by atoms with van der Waals surface area (Å²) in [4.78, 5) is 2.34. The Morgan fingerprint density at radius 3 is 1.69 bits per heavy atom. The zero-order valence-corrected chi connectivity index (χ0v) is 32.7. The second kappa shape index (κ2) is 14.4. The third kappa shape index (κ3) is 6.18. The van der Waals surface area contributed by atoms with Crippen LogP contribution in [-0.4, -0.2) is 11.7 Å². The number of rotatable bonds is 8. The summed E-state index contributed by atoms with van der Waals surface area (Å²) in [6, 6.07) is 67.3. The fourth-order valence-electron chi connectivity index (χ4n) is 8.82. The van der Waals surface area contributed by atoms with E-state index in [4.69, 9.17) is 9.15 Å². The SMILES string of the molecule is COc1ccc(-n2c3c(c4cc(-c5ccc(N(c6ccc(-c7ccccc7)cc6)c6ccc(-c7ccc8oc9ccccc9c8c7)cc6)cc5)ccc42)C=CCC3)cc1. The molecule has 4 heteroatoms. The molecule has 10 aromatic rings. The lowest BCUT2D eigenvalue weighted by molar-refractivity contribution is 0.414. The average molecular weight is 761 g/mol. The van der Waals surface area contributed by atoms with Crippen molar-refractivity contribution < 1.29 is 9.15 Å². The van der Waals surface area contributed by atoms with Crippen LogP contribution in [0.25, 0.3) is 78.0 Å². The Labute approximate surface area is 343 Å². The van der Waals surface area contributed by atoms with Gasteiger partial charge in [-0.05, 0) is 137 Å². The van der Waals surface area contributed by atoms with Gasteiger partial charge in [0.25, 0.3) is 0 Å². The first-order valence-electron chi connectivity index (χ1n) is 20.2. The van der Waals surface area contributed by atoms with Crippen molar-refractivity contribution >= 4 is 56.0 Å². The molecule has 0 fully saturated rings. The third-order valence-corrected chi connectivity index (χ3v) is 11.8. The molecule has 11 rings (SSSR count). The molecule has 0 N–H and O–H groups in total. The molecule has 8 aromatic carbocycles. The number of ether oxygens (including phenoxy) is 1. The summed E-state index contributed by atoms with van der Waals surface area (Å²) in [6.45, 7) is 0. The van der Waals surface area contributed by atoms with E-state index in [0.29, 0.717) is 0 Å². The molecule has 0 saturated carbocycles. The maximum atomic E-state index is 6.12. The predicted molar refractivity (Wildman–Crippen MR) is 245 cm³/mol. The van der Waals surface area contributed by atoms with Gasteiger partial charge in [-0.1, -0.05) is 109 Å². The van der Waals surface area contributed by atoms with Gasteiger partial charge < -0.3 is 18.6 Å². The van der Waals surface area contributed by atoms with Crippen molar-refractivity contribution in [3.05, 3.63) is 205 Å². The monoisotopic (exact) mass is 760 g/mol. The first kappa shape index (κ1) is 34.7. The molecule has 0 atom stereocenters. The summed E-state index contributed by atoms with van der Waals surface area (Å²) in [5.74, 6) is 0.863. The Balaban J connectivity index is 0.958. The number of furan rings is 1. The van der Waals surface area contributed by atoms with E-state index >= 15 is 0 Å². The van der Waals surface area contributed by atoms with Crippen molar-refractivity contribution in [2.45, 2.75) is 12.8 Å². The molecule has 0 radical (unpaired) electrons. The number of anilines is 3. The van der Waals surface area contributed by atoms with Gasteiger partial charge in [-0.25, -0.2) is 0 Å². The second-order valence-corrected chi connectivity index (χ2v) is 15.2. The van der Waals surface area contributed by atoms with E-state index in [1.165, 1.54) is 44.4 Å². The highest BCUT2D eigenvalue weighted by atomic mass is 16.5. The molecule has 1 aliphatic rings. The Morgan fingerprint density at radius 2 is 1.03 bits per heavy atom. The van der Waals surface area contributed by atoms with Crippen LogP contribution in [0.5, 0.6) is 5.75 Å². The summed E-state index contributed by atoms with van der Waals surface area (Å²) in [5, 5.41) is 3.54. The summed E-state index contributed by atoms with van der Waals surface area (Å²) in [7, 11) is 1.71. The van der Waals surface area contributed by atoms with Crippen molar-refractivity contribution in [3.8, 4) is 44.8 Å². The zero-order valence-electron chi connectivity index (χ0n) is 32.7. The molecule has 0 spiro atoms. The van der Waals surface area contributed by atoms with E-state index in [1.807, 2.05) is 24.3 Å². The minimum absolute atomic E-state index is 0.863. The maximum absolute atomic E-state index is 6.12. The van der Waals surface area contributed by atoms with Crippen LogP contribution in [0.1, 0.15) is 17.7 Å². The molecule has 2 aromatic heterocycles. The molecule has 0 bridgehead atoms. The molecule has 4 nitrogen and oxygen atoms in total. The van der Waals surface area contributed by atoms with E-state index < -0.39 is 0 Å². The van der Waals surface area contributed by atoms with Gasteiger partial charge in [0.05, 0.1) is 12.6 Å². The van der Waals surface area contributed by atoms with Crippen molar-refractivity contribution in [1.29, 1.82) is 0 Å². The highest BCUT2D eigenvalue weighted by molar-refractivity contribution is 6.06.